The van der Waals surface area contributed by atoms with E-state index in [1.54, 1.807) is 19.1 Å². The molecule has 1 saturated carbocycles. The van der Waals surface area contributed by atoms with Crippen molar-refractivity contribution < 1.29 is 18.3 Å². The molecule has 7 heteroatoms. The van der Waals surface area contributed by atoms with Gasteiger partial charge in [0, 0.05) is 11.6 Å². The van der Waals surface area contributed by atoms with Crippen molar-refractivity contribution in [1.82, 2.24) is 15.1 Å². The van der Waals surface area contributed by atoms with Crippen LogP contribution in [-0.4, -0.2) is 22.3 Å². The Morgan fingerprint density at radius 1 is 1.30 bits per heavy atom. The highest BCUT2D eigenvalue weighted by atomic mass is 19.3. The maximum absolute atomic E-state index is 12.7. The van der Waals surface area contributed by atoms with Crippen LogP contribution in [0.4, 0.5) is 8.78 Å². The van der Waals surface area contributed by atoms with E-state index in [1.807, 2.05) is 10.7 Å². The maximum Gasteiger partial charge on any atom is 0.387 e. The highest BCUT2D eigenvalue weighted by molar-refractivity contribution is 5.92. The van der Waals surface area contributed by atoms with Crippen LogP contribution in [0.3, 0.4) is 0 Å². The van der Waals surface area contributed by atoms with Crippen LogP contribution < -0.4 is 10.1 Å². The second-order valence-corrected chi connectivity index (χ2v) is 7.96. The van der Waals surface area contributed by atoms with Gasteiger partial charge < -0.3 is 10.1 Å². The van der Waals surface area contributed by atoms with Gasteiger partial charge in [0.1, 0.15) is 11.4 Å². The minimum atomic E-state index is -2.88. The molecule has 1 unspecified atom stereocenters. The Bertz CT molecular complexity index is 823. The molecule has 1 N–H and O–H groups in total. The molecule has 0 aliphatic heterocycles. The van der Waals surface area contributed by atoms with E-state index in [0.29, 0.717) is 17.2 Å². The highest BCUT2D eigenvalue weighted by Gasteiger charge is 2.32. The maximum atomic E-state index is 12.7. The number of nitrogens with zero attached hydrogens (tertiary/aromatic N) is 2. The third-order valence-corrected chi connectivity index (χ3v) is 4.53. The van der Waals surface area contributed by atoms with Crippen molar-refractivity contribution >= 4 is 5.91 Å². The summed E-state index contributed by atoms with van der Waals surface area (Å²) in [5.41, 5.74) is 1.94. The van der Waals surface area contributed by atoms with Crippen LogP contribution in [0.25, 0.3) is 0 Å². The van der Waals surface area contributed by atoms with Gasteiger partial charge in [0.15, 0.2) is 0 Å². The van der Waals surface area contributed by atoms with E-state index in [-0.39, 0.29) is 23.2 Å². The zero-order chi connectivity index (χ0) is 19.8. The number of amides is 1. The van der Waals surface area contributed by atoms with Crippen LogP contribution in [0.5, 0.6) is 5.75 Å². The van der Waals surface area contributed by atoms with Crippen molar-refractivity contribution in [2.45, 2.75) is 64.6 Å². The quantitative estimate of drug-likeness (QED) is 0.800. The van der Waals surface area contributed by atoms with Crippen molar-refractivity contribution in [2.75, 3.05) is 0 Å². The van der Waals surface area contributed by atoms with Crippen LogP contribution in [0.1, 0.15) is 74.2 Å². The molecule has 5 nitrogen and oxygen atoms in total. The van der Waals surface area contributed by atoms with E-state index in [9.17, 15) is 13.6 Å². The van der Waals surface area contributed by atoms with Gasteiger partial charge in [0.2, 0.25) is 0 Å². The summed E-state index contributed by atoms with van der Waals surface area (Å²) in [6, 6.07) is 7.82. The summed E-state index contributed by atoms with van der Waals surface area (Å²) in [5.74, 6) is 0.253. The van der Waals surface area contributed by atoms with E-state index < -0.39 is 6.61 Å². The molecule has 1 fully saturated rings. The molecular formula is C20H25F2N3O2. The van der Waals surface area contributed by atoms with Gasteiger partial charge in [-0.2, -0.15) is 13.9 Å². The summed E-state index contributed by atoms with van der Waals surface area (Å²) >= 11 is 0. The lowest BCUT2D eigenvalue weighted by Gasteiger charge is -2.22. The van der Waals surface area contributed by atoms with E-state index in [0.717, 1.165) is 18.5 Å². The van der Waals surface area contributed by atoms with Crippen LogP contribution in [0, 0.1) is 0 Å². The SMILES string of the molecule is CC(NC(=O)c1cc(C2CC2)n(C(C)(C)C)n1)c1cccc(OC(F)F)c1. The predicted molar refractivity (Wildman–Crippen MR) is 98.2 cm³/mol. The molecule has 2 aromatic rings. The van der Waals surface area contributed by atoms with Crippen molar-refractivity contribution in [3.05, 3.63) is 47.3 Å². The number of benzene rings is 1. The number of nitrogens with one attached hydrogen (secondary N) is 1. The molecule has 1 aromatic carbocycles. The number of alkyl halides is 2. The van der Waals surface area contributed by atoms with Crippen molar-refractivity contribution in [3.8, 4) is 5.75 Å². The first-order chi connectivity index (χ1) is 12.6. The van der Waals surface area contributed by atoms with Gasteiger partial charge in [-0.3, -0.25) is 9.48 Å². The Labute approximate surface area is 157 Å². The number of halogens is 2. The van der Waals surface area contributed by atoms with Gasteiger partial charge in [-0.15, -0.1) is 0 Å². The zero-order valence-electron chi connectivity index (χ0n) is 16.0. The van der Waals surface area contributed by atoms with Gasteiger partial charge in [-0.05, 0) is 64.3 Å². The van der Waals surface area contributed by atoms with Crippen LogP contribution in [0.15, 0.2) is 30.3 Å². The van der Waals surface area contributed by atoms with E-state index >= 15 is 0 Å². The number of carbonyl (C=O) groups excluding carboxylic acids is 1. The molecule has 1 aliphatic carbocycles. The Morgan fingerprint density at radius 3 is 2.59 bits per heavy atom. The highest BCUT2D eigenvalue weighted by Crippen LogP contribution is 2.41. The monoisotopic (exact) mass is 377 g/mol. The van der Waals surface area contributed by atoms with E-state index in [4.69, 9.17) is 0 Å². The lowest BCUT2D eigenvalue weighted by Crippen LogP contribution is -2.29. The smallest absolute Gasteiger partial charge is 0.387 e. The van der Waals surface area contributed by atoms with E-state index in [1.165, 1.54) is 12.1 Å². The summed E-state index contributed by atoms with van der Waals surface area (Å²) < 4.78 is 31.1. The molecule has 0 saturated heterocycles. The first-order valence-electron chi connectivity index (χ1n) is 9.11. The third kappa shape index (κ3) is 4.64. The number of hydrogen-bond donors (Lipinski definition) is 1. The van der Waals surface area contributed by atoms with Gasteiger partial charge in [0.25, 0.3) is 5.91 Å². The summed E-state index contributed by atoms with van der Waals surface area (Å²) in [5, 5.41) is 7.41. The molecule has 1 aromatic heterocycles. The molecule has 1 aliphatic rings. The zero-order valence-corrected chi connectivity index (χ0v) is 16.0. The molecule has 0 radical (unpaired) electrons. The molecule has 0 bridgehead atoms. The molecule has 0 spiro atoms. The first kappa shape index (κ1) is 19.3. The van der Waals surface area contributed by atoms with Gasteiger partial charge >= 0.3 is 6.61 Å². The predicted octanol–water partition coefficient (Wildman–Crippen LogP) is 4.61. The summed E-state index contributed by atoms with van der Waals surface area (Å²) in [6.45, 7) is 5.09. The standard InChI is InChI=1S/C20H25F2N3O2/c1-12(14-6-5-7-15(10-14)27-19(21)22)23-18(26)16-11-17(13-8-9-13)25(24-16)20(2,3)4/h5-7,10-13,19H,8-9H2,1-4H3,(H,23,26). The molecule has 1 amide bonds. The fraction of sp³-hybridized carbons (Fsp3) is 0.500. The van der Waals surface area contributed by atoms with Crippen LogP contribution >= 0.6 is 0 Å². The Balaban J connectivity index is 1.75. The molecule has 27 heavy (non-hydrogen) atoms. The van der Waals surface area contributed by atoms with Crippen LogP contribution in [0.2, 0.25) is 0 Å². The number of rotatable bonds is 6. The Kier molecular flexibility index (Phi) is 5.22. The summed E-state index contributed by atoms with van der Waals surface area (Å²) in [6.07, 6.45) is 2.24. The topological polar surface area (TPSA) is 56.2 Å². The van der Waals surface area contributed by atoms with Crippen LogP contribution in [-0.2, 0) is 5.54 Å². The van der Waals surface area contributed by atoms with E-state index in [2.05, 4.69) is 35.9 Å². The third-order valence-electron chi connectivity index (χ3n) is 4.53. The minimum Gasteiger partial charge on any atom is -0.435 e. The van der Waals surface area contributed by atoms with Crippen molar-refractivity contribution in [2.24, 2.45) is 0 Å². The van der Waals surface area contributed by atoms with Gasteiger partial charge in [0.05, 0.1) is 11.6 Å². The molecule has 1 atom stereocenters. The lowest BCUT2D eigenvalue weighted by atomic mass is 10.1. The summed E-state index contributed by atoms with van der Waals surface area (Å²) in [4.78, 5) is 12.7. The average Bonchev–Trinajstić information content (AvgIpc) is 3.31. The molecular weight excluding hydrogens is 352 g/mol. The largest absolute Gasteiger partial charge is 0.435 e. The van der Waals surface area contributed by atoms with Crippen molar-refractivity contribution in [3.63, 3.8) is 0 Å². The summed E-state index contributed by atoms with van der Waals surface area (Å²) in [7, 11) is 0. The normalized spacial score (nSPS) is 15.7. The number of hydrogen-bond acceptors (Lipinski definition) is 3. The first-order valence-corrected chi connectivity index (χ1v) is 9.11. The molecule has 3 rings (SSSR count). The average molecular weight is 377 g/mol. The number of ether oxygens (including phenoxy) is 1. The van der Waals surface area contributed by atoms with Gasteiger partial charge in [-0.1, -0.05) is 12.1 Å². The number of carbonyl (C=O) groups is 1. The Hall–Kier alpha value is -2.44. The fourth-order valence-electron chi connectivity index (χ4n) is 3.03. The second kappa shape index (κ2) is 7.29. The second-order valence-electron chi connectivity index (χ2n) is 7.96. The Morgan fingerprint density at radius 2 is 2.00 bits per heavy atom. The molecule has 146 valence electrons. The number of aromatic nitrogens is 2. The fourth-order valence-corrected chi connectivity index (χ4v) is 3.03. The lowest BCUT2D eigenvalue weighted by molar-refractivity contribution is -0.0499. The van der Waals surface area contributed by atoms with Crippen molar-refractivity contribution in [1.29, 1.82) is 0 Å². The minimum absolute atomic E-state index is 0.0663. The molecule has 1 heterocycles. The van der Waals surface area contributed by atoms with Gasteiger partial charge in [-0.25, -0.2) is 0 Å².